The van der Waals surface area contributed by atoms with Crippen LogP contribution in [0.5, 0.6) is 5.75 Å². The number of hydrogen-bond donors (Lipinski definition) is 1. The zero-order valence-electron chi connectivity index (χ0n) is 7.97. The quantitative estimate of drug-likeness (QED) is 0.831. The molecule has 0 spiro atoms. The van der Waals surface area contributed by atoms with Gasteiger partial charge in [-0.1, -0.05) is 0 Å². The lowest BCUT2D eigenvalue weighted by atomic mass is 10.2. The molecule has 0 aliphatic rings. The molecule has 0 saturated carbocycles. The van der Waals surface area contributed by atoms with E-state index in [9.17, 15) is 4.39 Å². The fourth-order valence-electron chi connectivity index (χ4n) is 1.07. The van der Waals surface area contributed by atoms with E-state index in [0.29, 0.717) is 18.8 Å². The van der Waals surface area contributed by atoms with Gasteiger partial charge in [-0.05, 0) is 49.6 Å². The highest BCUT2D eigenvalue weighted by Crippen LogP contribution is 2.34. The second kappa shape index (κ2) is 6.45. The molecule has 0 unspecified atom stereocenters. The van der Waals surface area contributed by atoms with E-state index >= 15 is 0 Å². The third-order valence-electron chi connectivity index (χ3n) is 1.77. The second-order valence-electron chi connectivity index (χ2n) is 2.94. The fourth-order valence-corrected chi connectivity index (χ4v) is 2.58. The van der Waals surface area contributed by atoms with Gasteiger partial charge in [0.1, 0.15) is 5.75 Å². The van der Waals surface area contributed by atoms with Crippen LogP contribution >= 0.6 is 31.9 Å². The van der Waals surface area contributed by atoms with Gasteiger partial charge in [-0.2, -0.15) is 0 Å². The summed E-state index contributed by atoms with van der Waals surface area (Å²) in [5.41, 5.74) is 0.784. The number of ether oxygens (including phenoxy) is 1. The van der Waals surface area contributed by atoms with Crippen LogP contribution in [0.2, 0.25) is 0 Å². The molecule has 0 heterocycles. The van der Waals surface area contributed by atoms with Gasteiger partial charge in [0, 0.05) is 6.42 Å². The number of rotatable bonds is 5. The summed E-state index contributed by atoms with van der Waals surface area (Å²) in [5, 5.41) is 8.96. The van der Waals surface area contributed by atoms with Crippen molar-refractivity contribution in [1.29, 1.82) is 0 Å². The Morgan fingerprint density at radius 2 is 1.87 bits per heavy atom. The van der Waals surface area contributed by atoms with Gasteiger partial charge in [-0.25, -0.2) is 0 Å². The highest BCUT2D eigenvalue weighted by Gasteiger charge is 2.08. The van der Waals surface area contributed by atoms with Crippen LogP contribution in [0, 0.1) is 0 Å². The molecule has 0 bridgehead atoms. The van der Waals surface area contributed by atoms with Crippen molar-refractivity contribution in [2.24, 2.45) is 0 Å². The predicted octanol–water partition coefficient (Wildman–Crippen LogP) is 3.44. The van der Waals surface area contributed by atoms with E-state index in [1.165, 1.54) is 0 Å². The molecule has 1 N–H and O–H groups in total. The first-order valence-corrected chi connectivity index (χ1v) is 6.05. The summed E-state index contributed by atoms with van der Waals surface area (Å²) in [6.07, 6.45) is 0.376. The van der Waals surface area contributed by atoms with Crippen LogP contribution < -0.4 is 4.74 Å². The molecule has 0 fully saturated rings. The van der Waals surface area contributed by atoms with Crippen LogP contribution in [0.25, 0.3) is 0 Å². The standard InChI is InChI=1S/C10H11Br2FO2/c11-8-4-7(6-14)5-9(12)10(8)15-3-1-2-13/h4-5,14H,1-3,6H2. The van der Waals surface area contributed by atoms with Gasteiger partial charge in [0.15, 0.2) is 0 Å². The van der Waals surface area contributed by atoms with Crippen molar-refractivity contribution in [2.75, 3.05) is 13.3 Å². The highest BCUT2D eigenvalue weighted by atomic mass is 79.9. The number of halogens is 3. The molecule has 0 amide bonds. The van der Waals surface area contributed by atoms with Gasteiger partial charge < -0.3 is 9.84 Å². The molecular formula is C10H11Br2FO2. The van der Waals surface area contributed by atoms with Crippen LogP contribution in [-0.4, -0.2) is 18.4 Å². The Kier molecular flexibility index (Phi) is 5.56. The maximum Gasteiger partial charge on any atom is 0.147 e. The molecule has 15 heavy (non-hydrogen) atoms. The molecule has 2 nitrogen and oxygen atoms in total. The van der Waals surface area contributed by atoms with Gasteiger partial charge in [0.2, 0.25) is 0 Å². The minimum atomic E-state index is -0.385. The molecule has 0 saturated heterocycles. The van der Waals surface area contributed by atoms with Crippen molar-refractivity contribution in [2.45, 2.75) is 13.0 Å². The van der Waals surface area contributed by atoms with E-state index in [1.807, 2.05) is 0 Å². The summed E-state index contributed by atoms with van der Waals surface area (Å²) < 4.78 is 18.8. The topological polar surface area (TPSA) is 29.5 Å². The Labute approximate surface area is 105 Å². The Bertz CT molecular complexity index is 308. The van der Waals surface area contributed by atoms with E-state index in [2.05, 4.69) is 31.9 Å². The summed E-state index contributed by atoms with van der Waals surface area (Å²) in [6.45, 7) is -0.0713. The van der Waals surface area contributed by atoms with Gasteiger partial charge >= 0.3 is 0 Å². The number of alkyl halides is 1. The molecule has 0 radical (unpaired) electrons. The van der Waals surface area contributed by atoms with E-state index in [1.54, 1.807) is 12.1 Å². The fraction of sp³-hybridized carbons (Fsp3) is 0.400. The zero-order valence-corrected chi connectivity index (χ0v) is 11.1. The van der Waals surface area contributed by atoms with Crippen molar-refractivity contribution < 1.29 is 14.2 Å². The maximum absolute atomic E-state index is 11.9. The van der Waals surface area contributed by atoms with E-state index in [-0.39, 0.29) is 13.3 Å². The Hall–Kier alpha value is -0.130. The second-order valence-corrected chi connectivity index (χ2v) is 4.65. The summed E-state index contributed by atoms with van der Waals surface area (Å²) >= 11 is 6.66. The normalized spacial score (nSPS) is 10.4. The van der Waals surface area contributed by atoms with Crippen molar-refractivity contribution >= 4 is 31.9 Å². The minimum absolute atomic E-state index is 0.0258. The maximum atomic E-state index is 11.9. The average Bonchev–Trinajstić information content (AvgIpc) is 2.22. The van der Waals surface area contributed by atoms with Crippen LogP contribution in [0.3, 0.4) is 0 Å². The van der Waals surface area contributed by atoms with Gasteiger partial charge in [0.05, 0.1) is 28.8 Å². The molecule has 1 aromatic carbocycles. The third kappa shape index (κ3) is 3.74. The smallest absolute Gasteiger partial charge is 0.147 e. The first-order chi connectivity index (χ1) is 7.19. The van der Waals surface area contributed by atoms with E-state index in [4.69, 9.17) is 9.84 Å². The average molecular weight is 342 g/mol. The van der Waals surface area contributed by atoms with Crippen molar-refractivity contribution in [3.05, 3.63) is 26.6 Å². The van der Waals surface area contributed by atoms with Crippen LogP contribution in [0.1, 0.15) is 12.0 Å². The summed E-state index contributed by atoms with van der Waals surface area (Å²) in [5.74, 6) is 0.639. The predicted molar refractivity (Wildman–Crippen MR) is 63.9 cm³/mol. The molecule has 1 rings (SSSR count). The summed E-state index contributed by atoms with van der Waals surface area (Å²) in [6, 6.07) is 3.55. The Balaban J connectivity index is 2.79. The number of hydrogen-bond acceptors (Lipinski definition) is 2. The van der Waals surface area contributed by atoms with Crippen LogP contribution in [0.4, 0.5) is 4.39 Å². The van der Waals surface area contributed by atoms with Crippen molar-refractivity contribution in [3.8, 4) is 5.75 Å². The first-order valence-electron chi connectivity index (χ1n) is 4.46. The molecule has 0 aliphatic carbocycles. The molecule has 0 aromatic heterocycles. The molecule has 1 aromatic rings. The Morgan fingerprint density at radius 1 is 1.27 bits per heavy atom. The highest BCUT2D eigenvalue weighted by molar-refractivity contribution is 9.11. The van der Waals surface area contributed by atoms with Gasteiger partial charge in [0.25, 0.3) is 0 Å². The van der Waals surface area contributed by atoms with Crippen molar-refractivity contribution in [1.82, 2.24) is 0 Å². The third-order valence-corrected chi connectivity index (χ3v) is 2.94. The molecular weight excluding hydrogens is 331 g/mol. The minimum Gasteiger partial charge on any atom is -0.491 e. The monoisotopic (exact) mass is 340 g/mol. The van der Waals surface area contributed by atoms with Crippen LogP contribution in [0.15, 0.2) is 21.1 Å². The summed E-state index contributed by atoms with van der Waals surface area (Å²) in [7, 11) is 0. The van der Waals surface area contributed by atoms with Crippen LogP contribution in [-0.2, 0) is 6.61 Å². The SMILES string of the molecule is OCc1cc(Br)c(OCCCF)c(Br)c1. The van der Waals surface area contributed by atoms with Crippen molar-refractivity contribution in [3.63, 3.8) is 0 Å². The van der Waals surface area contributed by atoms with E-state index in [0.717, 1.165) is 14.5 Å². The molecule has 0 atom stereocenters. The summed E-state index contributed by atoms with van der Waals surface area (Å²) in [4.78, 5) is 0. The molecule has 84 valence electrons. The van der Waals surface area contributed by atoms with Gasteiger partial charge in [-0.3, -0.25) is 4.39 Å². The largest absolute Gasteiger partial charge is 0.491 e. The van der Waals surface area contributed by atoms with E-state index < -0.39 is 0 Å². The number of aliphatic hydroxyl groups excluding tert-OH is 1. The molecule has 5 heteroatoms. The lowest BCUT2D eigenvalue weighted by Gasteiger charge is -2.10. The first kappa shape index (κ1) is 12.9. The molecule has 0 aliphatic heterocycles. The number of benzene rings is 1. The van der Waals surface area contributed by atoms with Gasteiger partial charge in [-0.15, -0.1) is 0 Å². The number of aliphatic hydroxyl groups is 1. The lowest BCUT2D eigenvalue weighted by molar-refractivity contribution is 0.278. The Morgan fingerprint density at radius 3 is 2.33 bits per heavy atom. The lowest BCUT2D eigenvalue weighted by Crippen LogP contribution is -2.00. The zero-order chi connectivity index (χ0) is 11.3.